The second-order valence-electron chi connectivity index (χ2n) is 5.47. The number of hydrogen-bond acceptors (Lipinski definition) is 4. The fourth-order valence-corrected chi connectivity index (χ4v) is 3.13. The van der Waals surface area contributed by atoms with E-state index in [-0.39, 0.29) is 35.9 Å². The van der Waals surface area contributed by atoms with Crippen LogP contribution in [0.4, 0.5) is 5.69 Å². The molecule has 1 amide bonds. The number of anilines is 1. The van der Waals surface area contributed by atoms with Crippen molar-refractivity contribution in [1.82, 2.24) is 15.1 Å². The molecule has 6 nitrogen and oxygen atoms in total. The molecular formula is C15H18BrClN4O2. The molecule has 3 N–H and O–H groups in total. The van der Waals surface area contributed by atoms with Crippen LogP contribution in [0.25, 0.3) is 0 Å². The van der Waals surface area contributed by atoms with Crippen LogP contribution < -0.4 is 10.6 Å². The van der Waals surface area contributed by atoms with Gasteiger partial charge in [0.1, 0.15) is 5.75 Å². The molecule has 0 bridgehead atoms. The van der Waals surface area contributed by atoms with E-state index in [9.17, 15) is 9.90 Å². The number of carbonyl (C=O) groups excluding carboxylic acids is 1. The van der Waals surface area contributed by atoms with Gasteiger partial charge in [-0.15, -0.1) is 12.4 Å². The van der Waals surface area contributed by atoms with E-state index in [0.29, 0.717) is 12.2 Å². The topological polar surface area (TPSA) is 79.2 Å². The number of nitrogens with one attached hydrogen (secondary N) is 2. The number of aromatic hydroxyl groups is 1. The number of rotatable bonds is 3. The number of halogens is 2. The molecule has 1 fully saturated rings. The third-order valence-corrected chi connectivity index (χ3v) is 4.41. The fourth-order valence-electron chi connectivity index (χ4n) is 2.77. The van der Waals surface area contributed by atoms with E-state index in [0.717, 1.165) is 16.6 Å². The van der Waals surface area contributed by atoms with E-state index in [1.165, 1.54) is 0 Å². The van der Waals surface area contributed by atoms with Crippen molar-refractivity contribution < 1.29 is 9.90 Å². The molecule has 23 heavy (non-hydrogen) atoms. The van der Waals surface area contributed by atoms with Gasteiger partial charge in [-0.25, -0.2) is 0 Å². The van der Waals surface area contributed by atoms with E-state index in [1.807, 2.05) is 13.2 Å². The van der Waals surface area contributed by atoms with Gasteiger partial charge < -0.3 is 15.7 Å². The van der Waals surface area contributed by atoms with E-state index in [2.05, 4.69) is 31.7 Å². The normalized spacial score (nSPS) is 20.1. The number of phenols is 1. The van der Waals surface area contributed by atoms with Gasteiger partial charge in [0, 0.05) is 36.7 Å². The molecule has 1 aliphatic rings. The van der Waals surface area contributed by atoms with Crippen LogP contribution >= 0.6 is 28.3 Å². The van der Waals surface area contributed by atoms with Crippen LogP contribution in [0.5, 0.6) is 5.75 Å². The Morgan fingerprint density at radius 2 is 2.26 bits per heavy atom. The summed E-state index contributed by atoms with van der Waals surface area (Å²) in [5.74, 6) is -0.154. The van der Waals surface area contributed by atoms with Gasteiger partial charge in [-0.3, -0.25) is 9.48 Å². The summed E-state index contributed by atoms with van der Waals surface area (Å²) >= 11 is 3.34. The standard InChI is InChI=1S/C15H17BrN4O2.ClH/c1-20-8-9(5-18-20)11-6-17-7-12(11)15(22)19-13-4-10(16)2-3-14(13)21;/h2-5,8,11-12,17,21H,6-7H2,1H3,(H,19,22);1H/t11-,12+;/m1./s1. The molecule has 0 unspecified atom stereocenters. The SMILES string of the molecule is Cl.Cn1cc([C@H]2CNC[C@@H]2C(=O)Nc2cc(Br)ccc2O)cn1. The predicted molar refractivity (Wildman–Crippen MR) is 94.0 cm³/mol. The van der Waals surface area contributed by atoms with Gasteiger partial charge in [-0.2, -0.15) is 5.10 Å². The van der Waals surface area contributed by atoms with Gasteiger partial charge in [0.25, 0.3) is 0 Å². The van der Waals surface area contributed by atoms with Crippen LogP contribution in [0.1, 0.15) is 11.5 Å². The molecule has 0 saturated carbocycles. The first-order valence-corrected chi connectivity index (χ1v) is 7.82. The summed E-state index contributed by atoms with van der Waals surface area (Å²) in [4.78, 5) is 12.6. The van der Waals surface area contributed by atoms with E-state index in [1.54, 1.807) is 29.1 Å². The number of amides is 1. The third kappa shape index (κ3) is 3.85. The van der Waals surface area contributed by atoms with Crippen molar-refractivity contribution in [3.05, 3.63) is 40.6 Å². The molecule has 124 valence electrons. The van der Waals surface area contributed by atoms with Crippen molar-refractivity contribution in [1.29, 1.82) is 0 Å². The van der Waals surface area contributed by atoms with Gasteiger partial charge >= 0.3 is 0 Å². The fraction of sp³-hybridized carbons (Fsp3) is 0.333. The van der Waals surface area contributed by atoms with Gasteiger partial charge in [-0.05, 0) is 23.8 Å². The van der Waals surface area contributed by atoms with Gasteiger partial charge in [-0.1, -0.05) is 15.9 Å². The number of carbonyl (C=O) groups is 1. The Balaban J connectivity index is 0.00000192. The lowest BCUT2D eigenvalue weighted by atomic mass is 9.90. The van der Waals surface area contributed by atoms with Crippen LogP contribution in [-0.2, 0) is 11.8 Å². The quantitative estimate of drug-likeness (QED) is 0.689. The lowest BCUT2D eigenvalue weighted by molar-refractivity contribution is -0.119. The predicted octanol–water partition coefficient (Wildman–Crippen LogP) is 2.25. The smallest absolute Gasteiger partial charge is 0.229 e. The summed E-state index contributed by atoms with van der Waals surface area (Å²) in [7, 11) is 1.86. The van der Waals surface area contributed by atoms with Crippen molar-refractivity contribution in [3.63, 3.8) is 0 Å². The number of aryl methyl sites for hydroxylation is 1. The molecule has 0 radical (unpaired) electrons. The van der Waals surface area contributed by atoms with Gasteiger partial charge in [0.15, 0.2) is 0 Å². The molecule has 1 aromatic carbocycles. The molecule has 0 aliphatic carbocycles. The highest BCUT2D eigenvalue weighted by atomic mass is 79.9. The lowest BCUT2D eigenvalue weighted by Gasteiger charge is -2.17. The maximum atomic E-state index is 12.6. The molecular weight excluding hydrogens is 384 g/mol. The average Bonchev–Trinajstić information content (AvgIpc) is 3.11. The maximum absolute atomic E-state index is 12.6. The van der Waals surface area contributed by atoms with Crippen LogP contribution in [0, 0.1) is 5.92 Å². The molecule has 2 aromatic rings. The third-order valence-electron chi connectivity index (χ3n) is 3.92. The first-order chi connectivity index (χ1) is 10.5. The Hall–Kier alpha value is -1.57. The van der Waals surface area contributed by atoms with E-state index < -0.39 is 0 Å². The Morgan fingerprint density at radius 3 is 2.96 bits per heavy atom. The highest BCUT2D eigenvalue weighted by molar-refractivity contribution is 9.10. The molecule has 1 saturated heterocycles. The van der Waals surface area contributed by atoms with Gasteiger partial charge in [0.2, 0.25) is 5.91 Å². The summed E-state index contributed by atoms with van der Waals surface area (Å²) in [5.41, 5.74) is 1.46. The van der Waals surface area contributed by atoms with Crippen molar-refractivity contribution >= 4 is 39.9 Å². The Labute approximate surface area is 148 Å². The highest BCUT2D eigenvalue weighted by Gasteiger charge is 2.34. The lowest BCUT2D eigenvalue weighted by Crippen LogP contribution is -2.28. The molecule has 8 heteroatoms. The minimum absolute atomic E-state index is 0. The zero-order valence-electron chi connectivity index (χ0n) is 12.5. The Bertz CT molecular complexity index is 707. The monoisotopic (exact) mass is 400 g/mol. The second-order valence-corrected chi connectivity index (χ2v) is 6.38. The molecule has 1 aromatic heterocycles. The molecule has 1 aliphatic heterocycles. The molecule has 2 heterocycles. The Morgan fingerprint density at radius 1 is 1.48 bits per heavy atom. The highest BCUT2D eigenvalue weighted by Crippen LogP contribution is 2.31. The zero-order chi connectivity index (χ0) is 15.7. The summed E-state index contributed by atoms with van der Waals surface area (Å²) < 4.78 is 2.54. The summed E-state index contributed by atoms with van der Waals surface area (Å²) in [6, 6.07) is 4.96. The Kier molecular flexibility index (Phi) is 5.67. The minimum atomic E-state index is -0.192. The second kappa shape index (κ2) is 7.33. The number of hydrogen-bond donors (Lipinski definition) is 3. The number of aromatic nitrogens is 2. The van der Waals surface area contributed by atoms with Crippen LogP contribution in [0.15, 0.2) is 35.1 Å². The number of benzene rings is 1. The molecule has 2 atom stereocenters. The van der Waals surface area contributed by atoms with Crippen molar-refractivity contribution in [2.24, 2.45) is 13.0 Å². The van der Waals surface area contributed by atoms with Gasteiger partial charge in [0.05, 0.1) is 17.8 Å². The molecule has 3 rings (SSSR count). The maximum Gasteiger partial charge on any atom is 0.229 e. The van der Waals surface area contributed by atoms with Crippen LogP contribution in [-0.4, -0.2) is 33.9 Å². The summed E-state index contributed by atoms with van der Waals surface area (Å²) in [5, 5.41) is 20.1. The van der Waals surface area contributed by atoms with Crippen LogP contribution in [0.2, 0.25) is 0 Å². The first-order valence-electron chi connectivity index (χ1n) is 7.03. The average molecular weight is 402 g/mol. The summed E-state index contributed by atoms with van der Waals surface area (Å²) in [6.45, 7) is 1.36. The first kappa shape index (κ1) is 17.8. The molecule has 0 spiro atoms. The number of phenolic OH excluding ortho intramolecular Hbond substituents is 1. The summed E-state index contributed by atoms with van der Waals surface area (Å²) in [6.07, 6.45) is 3.74. The van der Waals surface area contributed by atoms with Crippen molar-refractivity contribution in [2.45, 2.75) is 5.92 Å². The van der Waals surface area contributed by atoms with E-state index in [4.69, 9.17) is 0 Å². The van der Waals surface area contributed by atoms with E-state index >= 15 is 0 Å². The van der Waals surface area contributed by atoms with Crippen LogP contribution in [0.3, 0.4) is 0 Å². The number of nitrogens with zero attached hydrogens (tertiary/aromatic N) is 2. The largest absolute Gasteiger partial charge is 0.506 e. The van der Waals surface area contributed by atoms with Crippen molar-refractivity contribution in [3.8, 4) is 5.75 Å². The minimum Gasteiger partial charge on any atom is -0.506 e. The van der Waals surface area contributed by atoms with Crippen molar-refractivity contribution in [2.75, 3.05) is 18.4 Å². The zero-order valence-corrected chi connectivity index (χ0v) is 14.9.